The minimum absolute atomic E-state index is 0.0373. The molecule has 0 unspecified atom stereocenters. The molecule has 0 aliphatic heterocycles. The third-order valence-electron chi connectivity index (χ3n) is 2.32. The SMILES string of the molecule is COc1cc2c(=O)[nH]cnc2cc1OCC(F)(F)F. The molecule has 19 heavy (non-hydrogen) atoms. The van der Waals surface area contributed by atoms with Gasteiger partial charge in [0.25, 0.3) is 5.56 Å². The molecule has 2 rings (SSSR count). The van der Waals surface area contributed by atoms with Crippen LogP contribution in [0.1, 0.15) is 0 Å². The van der Waals surface area contributed by atoms with Crippen LogP contribution in [0.3, 0.4) is 0 Å². The first kappa shape index (κ1) is 13.2. The summed E-state index contributed by atoms with van der Waals surface area (Å²) in [5.74, 6) is -0.0827. The first-order valence-corrected chi connectivity index (χ1v) is 5.15. The number of benzene rings is 1. The highest BCUT2D eigenvalue weighted by molar-refractivity contribution is 5.81. The zero-order valence-corrected chi connectivity index (χ0v) is 9.75. The van der Waals surface area contributed by atoms with Crippen LogP contribution in [0, 0.1) is 0 Å². The minimum Gasteiger partial charge on any atom is -0.493 e. The summed E-state index contributed by atoms with van der Waals surface area (Å²) in [6.45, 7) is -1.45. The molecule has 0 saturated heterocycles. The molecular formula is C11H9F3N2O3. The topological polar surface area (TPSA) is 64.2 Å². The molecule has 8 heteroatoms. The summed E-state index contributed by atoms with van der Waals surface area (Å²) in [5.41, 5.74) is -0.188. The van der Waals surface area contributed by atoms with E-state index >= 15 is 0 Å². The van der Waals surface area contributed by atoms with Crippen LogP contribution < -0.4 is 15.0 Å². The molecule has 1 aromatic heterocycles. The van der Waals surface area contributed by atoms with Gasteiger partial charge in [-0.3, -0.25) is 4.79 Å². The quantitative estimate of drug-likeness (QED) is 0.928. The van der Waals surface area contributed by atoms with E-state index < -0.39 is 18.3 Å². The number of aromatic nitrogens is 2. The second-order valence-corrected chi connectivity index (χ2v) is 3.66. The van der Waals surface area contributed by atoms with Gasteiger partial charge in [0.1, 0.15) is 0 Å². The molecule has 2 aromatic rings. The lowest BCUT2D eigenvalue weighted by atomic mass is 10.2. The molecule has 0 aliphatic carbocycles. The van der Waals surface area contributed by atoms with Crippen LogP contribution in [0.5, 0.6) is 11.5 Å². The number of halogens is 3. The van der Waals surface area contributed by atoms with E-state index in [0.29, 0.717) is 0 Å². The smallest absolute Gasteiger partial charge is 0.422 e. The maximum atomic E-state index is 12.1. The summed E-state index contributed by atoms with van der Waals surface area (Å²) in [6, 6.07) is 2.52. The number of hydrogen-bond donors (Lipinski definition) is 1. The Morgan fingerprint density at radius 1 is 1.32 bits per heavy atom. The highest BCUT2D eigenvalue weighted by Gasteiger charge is 2.29. The molecule has 0 amide bonds. The van der Waals surface area contributed by atoms with E-state index in [9.17, 15) is 18.0 Å². The molecule has 1 N–H and O–H groups in total. The number of H-pyrrole nitrogens is 1. The van der Waals surface area contributed by atoms with Gasteiger partial charge in [-0.15, -0.1) is 0 Å². The molecular weight excluding hydrogens is 265 g/mol. The molecule has 0 fully saturated rings. The number of hydrogen-bond acceptors (Lipinski definition) is 4. The summed E-state index contributed by atoms with van der Waals surface area (Å²) < 4.78 is 45.9. The number of alkyl halides is 3. The predicted molar refractivity (Wildman–Crippen MR) is 60.5 cm³/mol. The maximum Gasteiger partial charge on any atom is 0.422 e. The van der Waals surface area contributed by atoms with Crippen LogP contribution in [0.2, 0.25) is 0 Å². The fourth-order valence-corrected chi connectivity index (χ4v) is 1.51. The van der Waals surface area contributed by atoms with Crippen LogP contribution in [0.15, 0.2) is 23.3 Å². The number of nitrogens with zero attached hydrogens (tertiary/aromatic N) is 1. The molecule has 0 aliphatic rings. The van der Waals surface area contributed by atoms with Gasteiger partial charge in [0.05, 0.1) is 24.3 Å². The predicted octanol–water partition coefficient (Wildman–Crippen LogP) is 1.87. The largest absolute Gasteiger partial charge is 0.493 e. The molecule has 0 radical (unpaired) electrons. The van der Waals surface area contributed by atoms with Gasteiger partial charge in [-0.05, 0) is 6.07 Å². The van der Waals surface area contributed by atoms with Crippen LogP contribution in [-0.4, -0.2) is 29.9 Å². The number of rotatable bonds is 3. The number of methoxy groups -OCH3 is 1. The Balaban J connectivity index is 2.46. The Kier molecular flexibility index (Phi) is 3.32. The van der Waals surface area contributed by atoms with E-state index in [-0.39, 0.29) is 22.4 Å². The van der Waals surface area contributed by atoms with Gasteiger partial charge in [0.2, 0.25) is 0 Å². The fraction of sp³-hybridized carbons (Fsp3) is 0.273. The number of aromatic amines is 1. The molecule has 5 nitrogen and oxygen atoms in total. The van der Waals surface area contributed by atoms with E-state index in [2.05, 4.69) is 14.7 Å². The average Bonchev–Trinajstić information content (AvgIpc) is 2.35. The lowest BCUT2D eigenvalue weighted by molar-refractivity contribution is -0.153. The molecule has 0 saturated carbocycles. The summed E-state index contributed by atoms with van der Waals surface area (Å²) in [5, 5.41) is 0.207. The van der Waals surface area contributed by atoms with E-state index in [0.717, 1.165) is 6.33 Å². The molecule has 0 bridgehead atoms. The molecule has 102 valence electrons. The van der Waals surface area contributed by atoms with Crippen LogP contribution in [0.25, 0.3) is 10.9 Å². The summed E-state index contributed by atoms with van der Waals surface area (Å²) in [4.78, 5) is 17.7. The standard InChI is InChI=1S/C11H9F3N2O3/c1-18-8-2-6-7(15-5-16-10(6)17)3-9(8)19-4-11(12,13)14/h2-3,5H,4H2,1H3,(H,15,16,17). The second kappa shape index (κ2) is 4.79. The summed E-state index contributed by atoms with van der Waals surface area (Å²) in [6.07, 6.45) is -3.30. The Morgan fingerprint density at radius 2 is 2.05 bits per heavy atom. The molecule has 1 aromatic carbocycles. The van der Waals surface area contributed by atoms with Crippen molar-refractivity contribution < 1.29 is 22.6 Å². The highest BCUT2D eigenvalue weighted by Crippen LogP contribution is 2.31. The van der Waals surface area contributed by atoms with Crippen molar-refractivity contribution in [3.8, 4) is 11.5 Å². The molecule has 0 spiro atoms. The van der Waals surface area contributed by atoms with Gasteiger partial charge in [-0.25, -0.2) is 4.98 Å². The zero-order chi connectivity index (χ0) is 14.0. The Hall–Kier alpha value is -2.25. The van der Waals surface area contributed by atoms with Crippen molar-refractivity contribution in [1.82, 2.24) is 9.97 Å². The third kappa shape index (κ3) is 2.95. The van der Waals surface area contributed by atoms with Crippen molar-refractivity contribution in [3.05, 3.63) is 28.8 Å². The van der Waals surface area contributed by atoms with Crippen LogP contribution >= 0.6 is 0 Å². The van der Waals surface area contributed by atoms with Crippen molar-refractivity contribution in [1.29, 1.82) is 0 Å². The fourth-order valence-electron chi connectivity index (χ4n) is 1.51. The maximum absolute atomic E-state index is 12.1. The van der Waals surface area contributed by atoms with Crippen molar-refractivity contribution >= 4 is 10.9 Å². The van der Waals surface area contributed by atoms with E-state index in [1.54, 1.807) is 0 Å². The van der Waals surface area contributed by atoms with Gasteiger partial charge in [0.15, 0.2) is 18.1 Å². The minimum atomic E-state index is -4.46. The lowest BCUT2D eigenvalue weighted by Crippen LogP contribution is -2.19. The van der Waals surface area contributed by atoms with Gasteiger partial charge < -0.3 is 14.5 Å². The lowest BCUT2D eigenvalue weighted by Gasteiger charge is -2.12. The number of ether oxygens (including phenoxy) is 2. The van der Waals surface area contributed by atoms with Crippen molar-refractivity contribution in [2.75, 3.05) is 13.7 Å². The third-order valence-corrected chi connectivity index (χ3v) is 2.32. The van der Waals surface area contributed by atoms with E-state index in [1.807, 2.05) is 0 Å². The van der Waals surface area contributed by atoms with Gasteiger partial charge in [-0.1, -0.05) is 0 Å². The first-order valence-electron chi connectivity index (χ1n) is 5.15. The Labute approximate surface area is 105 Å². The average molecular weight is 274 g/mol. The van der Waals surface area contributed by atoms with Crippen molar-refractivity contribution in [2.24, 2.45) is 0 Å². The highest BCUT2D eigenvalue weighted by atomic mass is 19.4. The normalized spacial score (nSPS) is 11.6. The Bertz CT molecular complexity index is 652. The van der Waals surface area contributed by atoms with Gasteiger partial charge >= 0.3 is 6.18 Å². The van der Waals surface area contributed by atoms with Crippen molar-refractivity contribution in [3.63, 3.8) is 0 Å². The van der Waals surface area contributed by atoms with Gasteiger partial charge in [0, 0.05) is 6.07 Å². The Morgan fingerprint density at radius 3 is 2.68 bits per heavy atom. The second-order valence-electron chi connectivity index (χ2n) is 3.66. The number of fused-ring (bicyclic) bond motifs is 1. The number of nitrogens with one attached hydrogen (secondary N) is 1. The first-order chi connectivity index (χ1) is 8.90. The summed E-state index contributed by atoms with van der Waals surface area (Å²) >= 11 is 0. The van der Waals surface area contributed by atoms with Crippen molar-refractivity contribution in [2.45, 2.75) is 6.18 Å². The zero-order valence-electron chi connectivity index (χ0n) is 9.75. The summed E-state index contributed by atoms with van der Waals surface area (Å²) in [7, 11) is 1.27. The van der Waals surface area contributed by atoms with Gasteiger partial charge in [-0.2, -0.15) is 13.2 Å². The van der Waals surface area contributed by atoms with E-state index in [1.165, 1.54) is 19.2 Å². The van der Waals surface area contributed by atoms with E-state index in [4.69, 9.17) is 4.74 Å². The monoisotopic (exact) mass is 274 g/mol. The molecule has 1 heterocycles. The molecule has 0 atom stereocenters. The van der Waals surface area contributed by atoms with Crippen LogP contribution in [-0.2, 0) is 0 Å². The van der Waals surface area contributed by atoms with Crippen LogP contribution in [0.4, 0.5) is 13.2 Å².